The molecule has 2 aromatic carbocycles. The van der Waals surface area contributed by atoms with Gasteiger partial charge in [-0.05, 0) is 40.5 Å². The Hall–Kier alpha value is -1.71. The summed E-state index contributed by atoms with van der Waals surface area (Å²) in [4.78, 5) is 0. The zero-order valence-electron chi connectivity index (χ0n) is 17.5. The van der Waals surface area contributed by atoms with E-state index in [1.54, 1.807) is 13.2 Å². The molecule has 0 saturated carbocycles. The highest BCUT2D eigenvalue weighted by Gasteiger charge is 2.30. The third-order valence-electron chi connectivity index (χ3n) is 4.56. The SMILES string of the molecule is COCCO[C@H](c1cc(CC(C)C)ccc1-c1ccccc1F)C(C)(C)C. The molecule has 27 heavy (non-hydrogen) atoms. The lowest BCUT2D eigenvalue weighted by Crippen LogP contribution is -2.24. The number of hydrogen-bond donors (Lipinski definition) is 0. The van der Waals surface area contributed by atoms with Crippen molar-refractivity contribution in [3.8, 4) is 11.1 Å². The maximum Gasteiger partial charge on any atom is 0.131 e. The van der Waals surface area contributed by atoms with Crippen molar-refractivity contribution >= 4 is 0 Å². The van der Waals surface area contributed by atoms with E-state index in [4.69, 9.17) is 9.47 Å². The van der Waals surface area contributed by atoms with Gasteiger partial charge in [-0.25, -0.2) is 4.39 Å². The predicted molar refractivity (Wildman–Crippen MR) is 110 cm³/mol. The number of methoxy groups -OCH3 is 1. The summed E-state index contributed by atoms with van der Waals surface area (Å²) in [5.74, 6) is 0.347. The van der Waals surface area contributed by atoms with Crippen molar-refractivity contribution in [1.82, 2.24) is 0 Å². The molecule has 0 bridgehead atoms. The minimum Gasteiger partial charge on any atom is -0.382 e. The molecule has 1 atom stereocenters. The monoisotopic (exact) mass is 372 g/mol. The summed E-state index contributed by atoms with van der Waals surface area (Å²) in [6, 6.07) is 13.3. The first kappa shape index (κ1) is 21.6. The number of halogens is 1. The van der Waals surface area contributed by atoms with Crippen LogP contribution in [-0.2, 0) is 15.9 Å². The van der Waals surface area contributed by atoms with Crippen molar-refractivity contribution in [2.75, 3.05) is 20.3 Å². The van der Waals surface area contributed by atoms with Crippen LogP contribution < -0.4 is 0 Å². The van der Waals surface area contributed by atoms with Gasteiger partial charge in [-0.1, -0.05) is 71.0 Å². The minimum absolute atomic E-state index is 0.135. The zero-order chi connectivity index (χ0) is 20.0. The molecule has 0 saturated heterocycles. The lowest BCUT2D eigenvalue weighted by molar-refractivity contribution is -0.0390. The molecule has 0 aliphatic rings. The van der Waals surface area contributed by atoms with Crippen LogP contribution in [0.1, 0.15) is 51.8 Å². The molecule has 0 fully saturated rings. The topological polar surface area (TPSA) is 18.5 Å². The van der Waals surface area contributed by atoms with Gasteiger partial charge >= 0.3 is 0 Å². The highest BCUT2D eigenvalue weighted by Crippen LogP contribution is 2.42. The number of hydrogen-bond acceptors (Lipinski definition) is 2. The molecule has 0 aliphatic carbocycles. The molecule has 0 spiro atoms. The molecule has 2 nitrogen and oxygen atoms in total. The second-order valence-electron chi connectivity index (χ2n) is 8.61. The predicted octanol–water partition coefficient (Wildman–Crippen LogP) is 6.44. The molecule has 0 N–H and O–H groups in total. The Morgan fingerprint density at radius 1 is 0.963 bits per heavy atom. The van der Waals surface area contributed by atoms with Gasteiger partial charge in [0.05, 0.1) is 19.3 Å². The first-order valence-corrected chi connectivity index (χ1v) is 9.72. The molecule has 2 rings (SSSR count). The summed E-state index contributed by atoms with van der Waals surface area (Å²) in [5, 5.41) is 0. The van der Waals surface area contributed by atoms with Crippen LogP contribution in [0.2, 0.25) is 0 Å². The highest BCUT2D eigenvalue weighted by molar-refractivity contribution is 5.69. The Morgan fingerprint density at radius 2 is 1.67 bits per heavy atom. The zero-order valence-corrected chi connectivity index (χ0v) is 17.5. The normalized spacial score (nSPS) is 13.2. The Balaban J connectivity index is 2.58. The van der Waals surface area contributed by atoms with E-state index in [-0.39, 0.29) is 17.3 Å². The van der Waals surface area contributed by atoms with Gasteiger partial charge in [-0.3, -0.25) is 0 Å². The van der Waals surface area contributed by atoms with E-state index in [0.717, 1.165) is 17.5 Å². The molecule has 0 aliphatic heterocycles. The summed E-state index contributed by atoms with van der Waals surface area (Å²) >= 11 is 0. The lowest BCUT2D eigenvalue weighted by Gasteiger charge is -2.33. The molecule has 0 aromatic heterocycles. The molecule has 0 heterocycles. The Bertz CT molecular complexity index is 731. The van der Waals surface area contributed by atoms with Crippen molar-refractivity contribution in [3.05, 3.63) is 59.4 Å². The smallest absolute Gasteiger partial charge is 0.131 e. The van der Waals surface area contributed by atoms with E-state index in [0.29, 0.717) is 24.7 Å². The van der Waals surface area contributed by atoms with Crippen LogP contribution in [0.5, 0.6) is 0 Å². The summed E-state index contributed by atoms with van der Waals surface area (Å²) < 4.78 is 26.0. The minimum atomic E-state index is -0.208. The molecule has 148 valence electrons. The van der Waals surface area contributed by atoms with Gasteiger partial charge in [0.2, 0.25) is 0 Å². The summed E-state index contributed by atoms with van der Waals surface area (Å²) in [5.41, 5.74) is 3.68. The molecule has 2 aromatic rings. The Morgan fingerprint density at radius 3 is 2.26 bits per heavy atom. The van der Waals surface area contributed by atoms with Gasteiger partial charge in [0, 0.05) is 12.7 Å². The highest BCUT2D eigenvalue weighted by atomic mass is 19.1. The van der Waals surface area contributed by atoms with Gasteiger partial charge in [0.1, 0.15) is 5.82 Å². The van der Waals surface area contributed by atoms with Gasteiger partial charge in [0.25, 0.3) is 0 Å². The summed E-state index contributed by atoms with van der Waals surface area (Å²) in [6.45, 7) is 11.9. The summed E-state index contributed by atoms with van der Waals surface area (Å²) in [7, 11) is 1.67. The van der Waals surface area contributed by atoms with E-state index < -0.39 is 0 Å². The first-order valence-electron chi connectivity index (χ1n) is 9.72. The second kappa shape index (κ2) is 9.48. The van der Waals surface area contributed by atoms with Crippen LogP contribution in [0.3, 0.4) is 0 Å². The van der Waals surface area contributed by atoms with Gasteiger partial charge in [0.15, 0.2) is 0 Å². The molecule has 0 amide bonds. The van der Waals surface area contributed by atoms with Crippen molar-refractivity contribution in [1.29, 1.82) is 0 Å². The molecule has 0 unspecified atom stereocenters. The van der Waals surface area contributed by atoms with Crippen molar-refractivity contribution in [2.24, 2.45) is 11.3 Å². The van der Waals surface area contributed by atoms with Crippen molar-refractivity contribution < 1.29 is 13.9 Å². The van der Waals surface area contributed by atoms with E-state index >= 15 is 0 Å². The maximum absolute atomic E-state index is 14.6. The Labute approximate surface area is 163 Å². The molecule has 3 heteroatoms. The number of benzene rings is 2. The van der Waals surface area contributed by atoms with Crippen LogP contribution in [0.15, 0.2) is 42.5 Å². The van der Waals surface area contributed by atoms with Crippen LogP contribution >= 0.6 is 0 Å². The van der Waals surface area contributed by atoms with Crippen molar-refractivity contribution in [3.63, 3.8) is 0 Å². The fraction of sp³-hybridized carbons (Fsp3) is 0.500. The fourth-order valence-electron chi connectivity index (χ4n) is 3.41. The second-order valence-corrected chi connectivity index (χ2v) is 8.61. The van der Waals surface area contributed by atoms with Crippen molar-refractivity contribution in [2.45, 2.75) is 47.1 Å². The van der Waals surface area contributed by atoms with Crippen LogP contribution in [0.4, 0.5) is 4.39 Å². The largest absolute Gasteiger partial charge is 0.382 e. The van der Waals surface area contributed by atoms with E-state index in [2.05, 4.69) is 46.8 Å². The lowest BCUT2D eigenvalue weighted by atomic mass is 9.80. The third-order valence-corrected chi connectivity index (χ3v) is 4.56. The van der Waals surface area contributed by atoms with E-state index in [1.807, 2.05) is 18.2 Å². The standard InChI is InChI=1S/C24H33FO2/c1-17(2)15-18-11-12-19(20-9-7-8-10-22(20)25)21(16-18)23(24(3,4)5)27-14-13-26-6/h7-12,16-17,23H,13-15H2,1-6H3/t23-/m1/s1. The fourth-order valence-corrected chi connectivity index (χ4v) is 3.41. The van der Waals surface area contributed by atoms with Gasteiger partial charge in [-0.2, -0.15) is 0 Å². The quantitative estimate of drug-likeness (QED) is 0.496. The molecule has 0 radical (unpaired) electrons. The number of ether oxygens (including phenoxy) is 2. The Kier molecular flexibility index (Phi) is 7.58. The van der Waals surface area contributed by atoms with Crippen LogP contribution in [0.25, 0.3) is 11.1 Å². The van der Waals surface area contributed by atoms with E-state index in [1.165, 1.54) is 11.6 Å². The number of rotatable bonds is 8. The third kappa shape index (κ3) is 5.88. The summed E-state index contributed by atoms with van der Waals surface area (Å²) in [6.07, 6.45) is 0.828. The maximum atomic E-state index is 14.6. The van der Waals surface area contributed by atoms with Gasteiger partial charge < -0.3 is 9.47 Å². The first-order chi connectivity index (χ1) is 12.7. The van der Waals surface area contributed by atoms with E-state index in [9.17, 15) is 4.39 Å². The average molecular weight is 373 g/mol. The van der Waals surface area contributed by atoms with Crippen LogP contribution in [-0.4, -0.2) is 20.3 Å². The molecular weight excluding hydrogens is 339 g/mol. The average Bonchev–Trinajstić information content (AvgIpc) is 2.58. The van der Waals surface area contributed by atoms with Crippen LogP contribution in [0, 0.1) is 17.2 Å². The van der Waals surface area contributed by atoms with Gasteiger partial charge in [-0.15, -0.1) is 0 Å². The molecular formula is C24H33FO2.